The van der Waals surface area contributed by atoms with E-state index in [9.17, 15) is 4.79 Å². The smallest absolute Gasteiger partial charge is 0.254 e. The number of hydrogen-bond acceptors (Lipinski definition) is 3. The van der Waals surface area contributed by atoms with E-state index in [1.165, 1.54) is 12.8 Å². The topological polar surface area (TPSA) is 32.8 Å². The van der Waals surface area contributed by atoms with E-state index >= 15 is 0 Å². The molecule has 1 aromatic rings. The Bertz CT molecular complexity index is 463. The molecule has 2 aliphatic rings. The number of benzene rings is 1. The molecule has 4 nitrogen and oxygen atoms in total. The molecule has 0 bridgehead atoms. The first kappa shape index (κ1) is 12.5. The fourth-order valence-corrected chi connectivity index (χ4v) is 2.67. The van der Waals surface area contributed by atoms with Crippen LogP contribution < -0.4 is 4.74 Å². The molecule has 0 aromatic heterocycles. The van der Waals surface area contributed by atoms with E-state index in [2.05, 4.69) is 4.90 Å². The zero-order chi connectivity index (χ0) is 13.2. The van der Waals surface area contributed by atoms with Crippen LogP contribution in [0.5, 0.6) is 5.75 Å². The van der Waals surface area contributed by atoms with Gasteiger partial charge in [-0.3, -0.25) is 9.69 Å². The Hall–Kier alpha value is -1.55. The number of rotatable bonds is 3. The van der Waals surface area contributed by atoms with Crippen LogP contribution in [0.1, 0.15) is 23.2 Å². The van der Waals surface area contributed by atoms with Crippen LogP contribution in [-0.2, 0) is 0 Å². The lowest BCUT2D eigenvalue weighted by Gasteiger charge is -2.34. The molecule has 1 aromatic carbocycles. The predicted molar refractivity (Wildman–Crippen MR) is 73.5 cm³/mol. The van der Waals surface area contributed by atoms with Gasteiger partial charge < -0.3 is 9.64 Å². The summed E-state index contributed by atoms with van der Waals surface area (Å²) in [5, 5.41) is 0. The standard InChI is InChI=1S/C15H20N2O2/c1-19-14-4-2-3-12(11-14)15(18)17-9-7-16(8-10-17)13-5-6-13/h2-4,11,13H,5-10H2,1H3. The van der Waals surface area contributed by atoms with Crippen LogP contribution in [-0.4, -0.2) is 55.0 Å². The van der Waals surface area contributed by atoms with Gasteiger partial charge in [-0.1, -0.05) is 6.07 Å². The summed E-state index contributed by atoms with van der Waals surface area (Å²) in [5.74, 6) is 0.858. The minimum Gasteiger partial charge on any atom is -0.497 e. The summed E-state index contributed by atoms with van der Waals surface area (Å²) in [6.45, 7) is 3.71. The van der Waals surface area contributed by atoms with Crippen LogP contribution in [0, 0.1) is 0 Å². The van der Waals surface area contributed by atoms with Gasteiger partial charge >= 0.3 is 0 Å². The van der Waals surface area contributed by atoms with Crippen molar-refractivity contribution in [2.24, 2.45) is 0 Å². The second-order valence-corrected chi connectivity index (χ2v) is 5.29. The maximum absolute atomic E-state index is 12.4. The molecular formula is C15H20N2O2. The highest BCUT2D eigenvalue weighted by atomic mass is 16.5. The van der Waals surface area contributed by atoms with Crippen molar-refractivity contribution >= 4 is 5.91 Å². The maximum atomic E-state index is 12.4. The number of ether oxygens (including phenoxy) is 1. The summed E-state index contributed by atoms with van der Waals surface area (Å²) in [6, 6.07) is 8.20. The lowest BCUT2D eigenvalue weighted by atomic mass is 10.1. The Labute approximate surface area is 113 Å². The molecular weight excluding hydrogens is 240 g/mol. The second kappa shape index (κ2) is 5.21. The van der Waals surface area contributed by atoms with Crippen molar-refractivity contribution in [1.29, 1.82) is 0 Å². The number of carbonyl (C=O) groups excluding carboxylic acids is 1. The molecule has 19 heavy (non-hydrogen) atoms. The van der Waals surface area contributed by atoms with Gasteiger partial charge in [-0.25, -0.2) is 0 Å². The van der Waals surface area contributed by atoms with E-state index < -0.39 is 0 Å². The molecule has 102 valence electrons. The highest BCUT2D eigenvalue weighted by molar-refractivity contribution is 5.94. The zero-order valence-electron chi connectivity index (χ0n) is 11.3. The molecule has 1 amide bonds. The summed E-state index contributed by atoms with van der Waals surface area (Å²) in [7, 11) is 1.62. The fourth-order valence-electron chi connectivity index (χ4n) is 2.67. The van der Waals surface area contributed by atoms with Crippen molar-refractivity contribution in [3.63, 3.8) is 0 Å². The first-order chi connectivity index (χ1) is 9.28. The van der Waals surface area contributed by atoms with Crippen molar-refractivity contribution in [2.75, 3.05) is 33.3 Å². The van der Waals surface area contributed by atoms with Crippen LogP contribution in [0.3, 0.4) is 0 Å². The molecule has 1 heterocycles. The third-order valence-electron chi connectivity index (χ3n) is 3.98. The monoisotopic (exact) mass is 260 g/mol. The molecule has 1 saturated heterocycles. The number of amides is 1. The number of methoxy groups -OCH3 is 1. The lowest BCUT2D eigenvalue weighted by Crippen LogP contribution is -2.49. The van der Waals surface area contributed by atoms with Gasteiger partial charge in [0.2, 0.25) is 0 Å². The molecule has 1 saturated carbocycles. The van der Waals surface area contributed by atoms with Gasteiger partial charge in [-0.2, -0.15) is 0 Å². The number of nitrogens with zero attached hydrogens (tertiary/aromatic N) is 2. The van der Waals surface area contributed by atoms with E-state index in [-0.39, 0.29) is 5.91 Å². The largest absolute Gasteiger partial charge is 0.497 e. The van der Waals surface area contributed by atoms with Crippen LogP contribution in [0.25, 0.3) is 0 Å². The molecule has 4 heteroatoms. The van der Waals surface area contributed by atoms with Crippen LogP contribution in [0.4, 0.5) is 0 Å². The SMILES string of the molecule is COc1cccc(C(=O)N2CCN(C3CC3)CC2)c1. The van der Waals surface area contributed by atoms with Gasteiger partial charge in [-0.05, 0) is 31.0 Å². The van der Waals surface area contributed by atoms with Gasteiger partial charge in [0.25, 0.3) is 5.91 Å². The molecule has 3 rings (SSSR count). The molecule has 0 atom stereocenters. The molecule has 0 N–H and O–H groups in total. The summed E-state index contributed by atoms with van der Waals surface area (Å²) in [4.78, 5) is 16.9. The minimum atomic E-state index is 0.120. The van der Waals surface area contributed by atoms with E-state index in [1.807, 2.05) is 29.2 Å². The zero-order valence-corrected chi connectivity index (χ0v) is 11.3. The molecule has 1 aliphatic carbocycles. The number of hydrogen-bond donors (Lipinski definition) is 0. The first-order valence-corrected chi connectivity index (χ1v) is 6.95. The van der Waals surface area contributed by atoms with Crippen LogP contribution >= 0.6 is 0 Å². The van der Waals surface area contributed by atoms with Gasteiger partial charge in [0.05, 0.1) is 7.11 Å². The summed E-state index contributed by atoms with van der Waals surface area (Å²) >= 11 is 0. The van der Waals surface area contributed by atoms with Crippen molar-refractivity contribution in [1.82, 2.24) is 9.80 Å². The maximum Gasteiger partial charge on any atom is 0.254 e. The highest BCUT2D eigenvalue weighted by Gasteiger charge is 2.32. The van der Waals surface area contributed by atoms with E-state index in [0.29, 0.717) is 0 Å². The lowest BCUT2D eigenvalue weighted by molar-refractivity contribution is 0.0627. The van der Waals surface area contributed by atoms with Crippen LogP contribution in [0.15, 0.2) is 24.3 Å². The minimum absolute atomic E-state index is 0.120. The summed E-state index contributed by atoms with van der Waals surface area (Å²) in [5.41, 5.74) is 0.722. The van der Waals surface area contributed by atoms with E-state index in [4.69, 9.17) is 4.74 Å². The van der Waals surface area contributed by atoms with E-state index in [1.54, 1.807) is 7.11 Å². The number of carbonyl (C=O) groups is 1. The molecule has 2 fully saturated rings. The normalized spacial score (nSPS) is 20.4. The fraction of sp³-hybridized carbons (Fsp3) is 0.533. The van der Waals surface area contributed by atoms with Gasteiger partial charge in [0.1, 0.15) is 5.75 Å². The predicted octanol–water partition coefficient (Wildman–Crippen LogP) is 1.62. The second-order valence-electron chi connectivity index (χ2n) is 5.29. The van der Waals surface area contributed by atoms with Crippen molar-refractivity contribution < 1.29 is 9.53 Å². The van der Waals surface area contributed by atoms with Crippen molar-refractivity contribution in [3.8, 4) is 5.75 Å². The Balaban J connectivity index is 1.63. The molecule has 1 aliphatic heterocycles. The summed E-state index contributed by atoms with van der Waals surface area (Å²) < 4.78 is 5.17. The Morgan fingerprint density at radius 3 is 2.58 bits per heavy atom. The van der Waals surface area contributed by atoms with Crippen molar-refractivity contribution in [2.45, 2.75) is 18.9 Å². The Kier molecular flexibility index (Phi) is 3.42. The van der Waals surface area contributed by atoms with Gasteiger partial charge in [-0.15, -0.1) is 0 Å². The van der Waals surface area contributed by atoms with E-state index in [0.717, 1.165) is 43.5 Å². The Morgan fingerprint density at radius 1 is 1.21 bits per heavy atom. The first-order valence-electron chi connectivity index (χ1n) is 6.95. The average molecular weight is 260 g/mol. The highest BCUT2D eigenvalue weighted by Crippen LogP contribution is 2.27. The van der Waals surface area contributed by atoms with Gasteiger partial charge in [0.15, 0.2) is 0 Å². The number of piperazine rings is 1. The molecule has 0 spiro atoms. The van der Waals surface area contributed by atoms with Crippen molar-refractivity contribution in [3.05, 3.63) is 29.8 Å². The quantitative estimate of drug-likeness (QED) is 0.828. The molecule has 0 unspecified atom stereocenters. The van der Waals surface area contributed by atoms with Gasteiger partial charge in [0, 0.05) is 37.8 Å². The third kappa shape index (κ3) is 2.73. The van der Waals surface area contributed by atoms with Crippen LogP contribution in [0.2, 0.25) is 0 Å². The summed E-state index contributed by atoms with van der Waals surface area (Å²) in [6.07, 6.45) is 2.67. The molecule has 0 radical (unpaired) electrons. The average Bonchev–Trinajstić information content (AvgIpc) is 3.31. The Morgan fingerprint density at radius 2 is 1.95 bits per heavy atom. The third-order valence-corrected chi connectivity index (χ3v) is 3.98.